The van der Waals surface area contributed by atoms with Gasteiger partial charge in [0.15, 0.2) is 0 Å². The van der Waals surface area contributed by atoms with E-state index in [1.807, 2.05) is 22.6 Å². The highest BCUT2D eigenvalue weighted by Gasteiger charge is 2.56. The lowest BCUT2D eigenvalue weighted by Crippen LogP contribution is -2.44. The largest absolute Gasteiger partial charge is 0.454 e. The van der Waals surface area contributed by atoms with Crippen LogP contribution in [0.15, 0.2) is 11.3 Å². The zero-order valence-electron chi connectivity index (χ0n) is 11.2. The molecule has 2 aliphatic rings. The highest BCUT2D eigenvalue weighted by atomic mass is 127. The predicted molar refractivity (Wildman–Crippen MR) is 72.4 cm³/mol. The van der Waals surface area contributed by atoms with Gasteiger partial charge < -0.3 is 10.1 Å². The zero-order chi connectivity index (χ0) is 16.9. The minimum Gasteiger partial charge on any atom is -0.380 e. The molecular formula is C12H12F6INO2. The Morgan fingerprint density at radius 1 is 1.23 bits per heavy atom. The number of allylic oxidation sites excluding steroid dienone is 1. The molecule has 1 fully saturated rings. The molecule has 3 nitrogen and oxygen atoms in total. The van der Waals surface area contributed by atoms with Crippen LogP contribution in [0.1, 0.15) is 12.8 Å². The van der Waals surface area contributed by atoms with Gasteiger partial charge in [0.2, 0.25) is 0 Å². The van der Waals surface area contributed by atoms with Crippen molar-refractivity contribution in [2.24, 2.45) is 5.92 Å². The Hall–Kier alpha value is -0.520. The number of alkyl halides is 7. The van der Waals surface area contributed by atoms with E-state index in [1.165, 1.54) is 7.11 Å². The van der Waals surface area contributed by atoms with Crippen LogP contribution >= 0.6 is 22.6 Å². The van der Waals surface area contributed by atoms with Crippen molar-refractivity contribution in [3.63, 3.8) is 0 Å². The van der Waals surface area contributed by atoms with Gasteiger partial charge in [-0.3, -0.25) is 4.79 Å². The van der Waals surface area contributed by atoms with Crippen LogP contribution in [0.25, 0.3) is 0 Å². The first kappa shape index (κ1) is 17.8. The molecule has 2 rings (SSSR count). The highest BCUT2D eigenvalue weighted by molar-refractivity contribution is 14.1. The molecule has 22 heavy (non-hydrogen) atoms. The Balaban J connectivity index is 2.44. The summed E-state index contributed by atoms with van der Waals surface area (Å²) in [6.45, 7) is 0. The lowest BCUT2D eigenvalue weighted by molar-refractivity contribution is -0.167. The summed E-state index contributed by atoms with van der Waals surface area (Å²) in [5, 5.41) is 2.08. The third-order valence-electron chi connectivity index (χ3n) is 3.91. The Labute approximate surface area is 135 Å². The first-order valence-corrected chi connectivity index (χ1v) is 7.57. The molecule has 1 heterocycles. The third-order valence-corrected chi connectivity index (χ3v) is 5.22. The van der Waals surface area contributed by atoms with Crippen LogP contribution in [0.4, 0.5) is 26.3 Å². The number of halogens is 7. The molecule has 4 unspecified atom stereocenters. The molecule has 0 bridgehead atoms. The number of carbonyl (C=O) groups excluding carboxylic acids is 1. The second-order valence-electron chi connectivity index (χ2n) is 5.23. The molecule has 0 spiro atoms. The van der Waals surface area contributed by atoms with Crippen LogP contribution in [0.5, 0.6) is 0 Å². The average molecular weight is 443 g/mol. The first-order chi connectivity index (χ1) is 9.96. The molecule has 1 saturated carbocycles. The van der Waals surface area contributed by atoms with Crippen LogP contribution in [0.2, 0.25) is 0 Å². The Kier molecular flexibility index (Phi) is 4.73. The van der Waals surface area contributed by atoms with Crippen molar-refractivity contribution in [3.05, 3.63) is 11.3 Å². The molecule has 0 amide bonds. The van der Waals surface area contributed by atoms with Crippen molar-refractivity contribution in [3.8, 4) is 0 Å². The number of hydrogen-bond donors (Lipinski definition) is 1. The number of rotatable bonds is 2. The van der Waals surface area contributed by atoms with Crippen molar-refractivity contribution in [2.45, 2.75) is 41.3 Å². The summed E-state index contributed by atoms with van der Waals surface area (Å²) in [7, 11) is 1.35. The van der Waals surface area contributed by atoms with E-state index in [9.17, 15) is 31.1 Å². The topological polar surface area (TPSA) is 38.3 Å². The van der Waals surface area contributed by atoms with Crippen molar-refractivity contribution in [2.75, 3.05) is 7.11 Å². The van der Waals surface area contributed by atoms with Crippen molar-refractivity contribution >= 4 is 28.4 Å². The molecule has 0 aromatic heterocycles. The minimum absolute atomic E-state index is 0.0570. The van der Waals surface area contributed by atoms with Gasteiger partial charge in [-0.25, -0.2) is 0 Å². The molecule has 4 atom stereocenters. The lowest BCUT2D eigenvalue weighted by Gasteiger charge is -2.36. The van der Waals surface area contributed by atoms with Gasteiger partial charge in [0.25, 0.3) is 5.78 Å². The summed E-state index contributed by atoms with van der Waals surface area (Å²) in [6.07, 6.45) is -10.7. The van der Waals surface area contributed by atoms with Gasteiger partial charge in [0, 0.05) is 28.6 Å². The quantitative estimate of drug-likeness (QED) is 0.405. The van der Waals surface area contributed by atoms with E-state index in [-0.39, 0.29) is 16.8 Å². The minimum atomic E-state index is -5.34. The summed E-state index contributed by atoms with van der Waals surface area (Å²) in [5.41, 5.74) is -2.78. The maximum absolute atomic E-state index is 13.0. The molecular weight excluding hydrogens is 431 g/mol. The van der Waals surface area contributed by atoms with Crippen LogP contribution in [-0.2, 0) is 9.53 Å². The van der Waals surface area contributed by atoms with Gasteiger partial charge in [0.05, 0.1) is 6.10 Å². The number of nitrogens with one attached hydrogen (secondary N) is 1. The van der Waals surface area contributed by atoms with Crippen LogP contribution in [-0.4, -0.2) is 41.3 Å². The highest BCUT2D eigenvalue weighted by Crippen LogP contribution is 2.46. The Morgan fingerprint density at radius 2 is 1.82 bits per heavy atom. The summed E-state index contributed by atoms with van der Waals surface area (Å²) < 4.78 is 82.0. The maximum Gasteiger partial charge on any atom is 0.454 e. The maximum atomic E-state index is 13.0. The molecule has 0 aromatic rings. The standard InChI is InChI=1S/C12H12F6INO2/c1-22-7-2-4-6(3-5(7)19)20-9(11(13,14)15)8(4)10(21)12(16,17)18/h4-7,20H,2-3H2,1H3. The van der Waals surface area contributed by atoms with Gasteiger partial charge >= 0.3 is 12.4 Å². The second-order valence-corrected chi connectivity index (χ2v) is 6.83. The fourth-order valence-electron chi connectivity index (χ4n) is 2.96. The van der Waals surface area contributed by atoms with Gasteiger partial charge in [-0.1, -0.05) is 22.6 Å². The fraction of sp³-hybridized carbons (Fsp3) is 0.750. The van der Waals surface area contributed by atoms with Crippen molar-refractivity contribution in [1.82, 2.24) is 5.32 Å². The zero-order valence-corrected chi connectivity index (χ0v) is 13.3. The molecule has 1 aliphatic carbocycles. The third kappa shape index (κ3) is 3.22. The fourth-order valence-corrected chi connectivity index (χ4v) is 4.10. The van der Waals surface area contributed by atoms with E-state index in [0.717, 1.165) is 0 Å². The lowest BCUT2D eigenvalue weighted by atomic mass is 9.79. The van der Waals surface area contributed by atoms with E-state index in [2.05, 4.69) is 5.32 Å². The van der Waals surface area contributed by atoms with E-state index >= 15 is 0 Å². The second kappa shape index (κ2) is 5.84. The summed E-state index contributed by atoms with van der Waals surface area (Å²) >= 11 is 1.99. The summed E-state index contributed by atoms with van der Waals surface area (Å²) in [4.78, 5) is 11.5. The SMILES string of the molecule is COC1CC2C(C(=O)C(F)(F)F)=C(C(F)(F)F)NC2CC1I. The predicted octanol–water partition coefficient (Wildman–Crippen LogP) is 3.13. The molecule has 0 aromatic carbocycles. The number of hydrogen-bond acceptors (Lipinski definition) is 3. The number of ketones is 1. The molecule has 10 heteroatoms. The number of ether oxygens (including phenoxy) is 1. The van der Waals surface area contributed by atoms with E-state index in [1.54, 1.807) is 0 Å². The summed E-state index contributed by atoms with van der Waals surface area (Å²) in [5.74, 6) is -3.58. The van der Waals surface area contributed by atoms with Crippen molar-refractivity contribution < 1.29 is 35.9 Å². The molecule has 0 radical (unpaired) electrons. The molecule has 1 aliphatic heterocycles. The van der Waals surface area contributed by atoms with E-state index < -0.39 is 47.5 Å². The number of Topliss-reactive ketones (excluding diaryl/α,β-unsaturated/α-hetero) is 1. The van der Waals surface area contributed by atoms with E-state index in [0.29, 0.717) is 0 Å². The monoisotopic (exact) mass is 443 g/mol. The molecule has 0 saturated heterocycles. The van der Waals surface area contributed by atoms with Crippen LogP contribution in [0, 0.1) is 5.92 Å². The van der Waals surface area contributed by atoms with Gasteiger partial charge in [0.1, 0.15) is 5.70 Å². The van der Waals surface area contributed by atoms with Crippen molar-refractivity contribution in [1.29, 1.82) is 0 Å². The Morgan fingerprint density at radius 3 is 2.27 bits per heavy atom. The van der Waals surface area contributed by atoms with E-state index in [4.69, 9.17) is 4.74 Å². The van der Waals surface area contributed by atoms with Crippen LogP contribution < -0.4 is 5.32 Å². The van der Waals surface area contributed by atoms with Gasteiger partial charge in [-0.05, 0) is 12.8 Å². The Bertz CT molecular complexity index is 501. The first-order valence-electron chi connectivity index (χ1n) is 6.33. The number of fused-ring (bicyclic) bond motifs is 1. The normalized spacial score (nSPS) is 32.7. The van der Waals surface area contributed by atoms with Gasteiger partial charge in [-0.15, -0.1) is 0 Å². The summed E-state index contributed by atoms with van der Waals surface area (Å²) in [6, 6.07) is -0.841. The molecule has 1 N–H and O–H groups in total. The number of methoxy groups -OCH3 is 1. The molecule has 126 valence electrons. The average Bonchev–Trinajstić information content (AvgIpc) is 2.73. The number of carbonyl (C=O) groups is 1. The smallest absolute Gasteiger partial charge is 0.380 e. The van der Waals surface area contributed by atoms with Gasteiger partial charge in [-0.2, -0.15) is 26.3 Å². The van der Waals surface area contributed by atoms with Crippen LogP contribution in [0.3, 0.4) is 0 Å².